The standard InChI is InChI=1S/C20H22O6/c1-5-6-24-15-11-17-16(25-12-26-17)10-14(15)7-13-8-18(21-2)20(23-4)19(9-13)22-3/h5,8-11H,1,6-7,12H2,2-4H3. The van der Waals surface area contributed by atoms with Gasteiger partial charge in [-0.3, -0.25) is 0 Å². The van der Waals surface area contributed by atoms with Crippen LogP contribution in [0.25, 0.3) is 0 Å². The van der Waals surface area contributed by atoms with E-state index in [1.54, 1.807) is 27.4 Å². The predicted octanol–water partition coefficient (Wildman–Crippen LogP) is 3.60. The second-order valence-electron chi connectivity index (χ2n) is 5.62. The molecule has 0 N–H and O–H groups in total. The normalized spacial score (nSPS) is 11.8. The molecule has 2 aromatic rings. The van der Waals surface area contributed by atoms with Crippen LogP contribution in [0.2, 0.25) is 0 Å². The number of rotatable bonds is 8. The van der Waals surface area contributed by atoms with Gasteiger partial charge in [0, 0.05) is 18.1 Å². The average molecular weight is 358 g/mol. The van der Waals surface area contributed by atoms with Crippen molar-refractivity contribution in [3.05, 3.63) is 48.0 Å². The third-order valence-corrected chi connectivity index (χ3v) is 4.03. The van der Waals surface area contributed by atoms with E-state index in [2.05, 4.69) is 6.58 Å². The summed E-state index contributed by atoms with van der Waals surface area (Å²) < 4.78 is 33.0. The molecule has 0 fully saturated rings. The van der Waals surface area contributed by atoms with Gasteiger partial charge < -0.3 is 28.4 Å². The first-order valence-corrected chi connectivity index (χ1v) is 8.15. The Morgan fingerprint density at radius 3 is 2.15 bits per heavy atom. The molecule has 0 amide bonds. The van der Waals surface area contributed by atoms with Gasteiger partial charge in [0.2, 0.25) is 12.5 Å². The highest BCUT2D eigenvalue weighted by molar-refractivity contribution is 5.57. The van der Waals surface area contributed by atoms with E-state index in [1.165, 1.54) is 0 Å². The lowest BCUT2D eigenvalue weighted by atomic mass is 10.0. The van der Waals surface area contributed by atoms with E-state index in [0.717, 1.165) is 16.9 Å². The van der Waals surface area contributed by atoms with Crippen LogP contribution in [0.3, 0.4) is 0 Å². The topological polar surface area (TPSA) is 55.4 Å². The number of benzene rings is 2. The van der Waals surface area contributed by atoms with Gasteiger partial charge in [0.05, 0.1) is 21.3 Å². The largest absolute Gasteiger partial charge is 0.493 e. The Morgan fingerprint density at radius 2 is 1.58 bits per heavy atom. The minimum atomic E-state index is 0.212. The van der Waals surface area contributed by atoms with Crippen LogP contribution in [-0.4, -0.2) is 34.7 Å². The molecule has 1 aliphatic heterocycles. The monoisotopic (exact) mass is 358 g/mol. The third kappa shape index (κ3) is 3.49. The van der Waals surface area contributed by atoms with Gasteiger partial charge in [-0.05, 0) is 23.8 Å². The molecule has 138 valence electrons. The fourth-order valence-electron chi connectivity index (χ4n) is 2.84. The van der Waals surface area contributed by atoms with Gasteiger partial charge in [0.15, 0.2) is 23.0 Å². The summed E-state index contributed by atoms with van der Waals surface area (Å²) in [5.74, 6) is 3.89. The molecule has 0 aliphatic carbocycles. The second kappa shape index (κ2) is 7.91. The van der Waals surface area contributed by atoms with E-state index in [4.69, 9.17) is 28.4 Å². The molecule has 0 saturated carbocycles. The van der Waals surface area contributed by atoms with Gasteiger partial charge in [0.1, 0.15) is 12.4 Å². The van der Waals surface area contributed by atoms with Crippen molar-refractivity contribution in [2.45, 2.75) is 6.42 Å². The Balaban J connectivity index is 1.98. The Kier molecular flexibility index (Phi) is 5.41. The van der Waals surface area contributed by atoms with Crippen molar-refractivity contribution in [3.8, 4) is 34.5 Å². The van der Waals surface area contributed by atoms with Crippen LogP contribution < -0.4 is 28.4 Å². The molecule has 0 aromatic heterocycles. The third-order valence-electron chi connectivity index (χ3n) is 4.03. The predicted molar refractivity (Wildman–Crippen MR) is 97.2 cm³/mol. The van der Waals surface area contributed by atoms with Crippen LogP contribution in [0.5, 0.6) is 34.5 Å². The Bertz CT molecular complexity index is 774. The maximum absolute atomic E-state index is 5.80. The molecule has 6 nitrogen and oxygen atoms in total. The minimum absolute atomic E-state index is 0.212. The van der Waals surface area contributed by atoms with Crippen LogP contribution in [-0.2, 0) is 6.42 Å². The Morgan fingerprint density at radius 1 is 0.923 bits per heavy atom. The summed E-state index contributed by atoms with van der Waals surface area (Å²) in [6.45, 7) is 4.32. The SMILES string of the molecule is C=CCOc1cc2c(cc1Cc1cc(OC)c(OC)c(OC)c1)OCO2. The fraction of sp³-hybridized carbons (Fsp3) is 0.300. The molecule has 6 heteroatoms. The van der Waals surface area contributed by atoms with E-state index in [9.17, 15) is 0 Å². The zero-order valence-electron chi connectivity index (χ0n) is 15.2. The van der Waals surface area contributed by atoms with Crippen molar-refractivity contribution in [2.75, 3.05) is 34.7 Å². The summed E-state index contributed by atoms with van der Waals surface area (Å²) in [6, 6.07) is 7.62. The first kappa shape index (κ1) is 17.8. The number of hydrogen-bond donors (Lipinski definition) is 0. The van der Waals surface area contributed by atoms with Crippen molar-refractivity contribution in [2.24, 2.45) is 0 Å². The molecule has 3 rings (SSSR count). The summed E-state index contributed by atoms with van der Waals surface area (Å²) in [5, 5.41) is 0. The van der Waals surface area contributed by atoms with E-state index < -0.39 is 0 Å². The fourth-order valence-corrected chi connectivity index (χ4v) is 2.84. The molecule has 26 heavy (non-hydrogen) atoms. The molecule has 0 bridgehead atoms. The Labute approximate surface area is 152 Å². The average Bonchev–Trinajstić information content (AvgIpc) is 3.12. The zero-order valence-corrected chi connectivity index (χ0v) is 15.2. The number of methoxy groups -OCH3 is 3. The van der Waals surface area contributed by atoms with E-state index >= 15 is 0 Å². The number of ether oxygens (including phenoxy) is 6. The molecular weight excluding hydrogens is 336 g/mol. The lowest BCUT2D eigenvalue weighted by molar-refractivity contribution is 0.174. The molecular formula is C20H22O6. The highest BCUT2D eigenvalue weighted by Gasteiger charge is 2.20. The van der Waals surface area contributed by atoms with E-state index in [1.807, 2.05) is 24.3 Å². The van der Waals surface area contributed by atoms with Gasteiger partial charge in [-0.2, -0.15) is 0 Å². The van der Waals surface area contributed by atoms with Gasteiger partial charge in [0.25, 0.3) is 0 Å². The maximum atomic E-state index is 5.80. The van der Waals surface area contributed by atoms with Crippen LogP contribution in [0.15, 0.2) is 36.9 Å². The number of hydrogen-bond acceptors (Lipinski definition) is 6. The van der Waals surface area contributed by atoms with Crippen molar-refractivity contribution in [1.82, 2.24) is 0 Å². The molecule has 0 spiro atoms. The quantitative estimate of drug-likeness (QED) is 0.672. The second-order valence-corrected chi connectivity index (χ2v) is 5.62. The summed E-state index contributed by atoms with van der Waals surface area (Å²) >= 11 is 0. The van der Waals surface area contributed by atoms with Crippen molar-refractivity contribution >= 4 is 0 Å². The van der Waals surface area contributed by atoms with Crippen LogP contribution in [0.1, 0.15) is 11.1 Å². The lowest BCUT2D eigenvalue weighted by Crippen LogP contribution is -2.01. The smallest absolute Gasteiger partial charge is 0.231 e. The minimum Gasteiger partial charge on any atom is -0.493 e. The molecule has 2 aromatic carbocycles. The summed E-state index contributed by atoms with van der Waals surface area (Å²) in [6.07, 6.45) is 2.30. The highest BCUT2D eigenvalue weighted by atomic mass is 16.7. The molecule has 1 aliphatic rings. The van der Waals surface area contributed by atoms with Gasteiger partial charge in [-0.25, -0.2) is 0 Å². The lowest BCUT2D eigenvalue weighted by Gasteiger charge is -2.16. The molecule has 0 saturated heterocycles. The van der Waals surface area contributed by atoms with E-state index in [-0.39, 0.29) is 6.79 Å². The van der Waals surface area contributed by atoms with Gasteiger partial charge >= 0.3 is 0 Å². The van der Waals surface area contributed by atoms with Gasteiger partial charge in [-0.1, -0.05) is 12.7 Å². The summed E-state index contributed by atoms with van der Waals surface area (Å²) in [5.41, 5.74) is 1.95. The maximum Gasteiger partial charge on any atom is 0.231 e. The molecule has 1 heterocycles. The zero-order chi connectivity index (χ0) is 18.5. The van der Waals surface area contributed by atoms with Gasteiger partial charge in [-0.15, -0.1) is 0 Å². The summed E-state index contributed by atoms with van der Waals surface area (Å²) in [4.78, 5) is 0. The first-order valence-electron chi connectivity index (χ1n) is 8.15. The Hall–Kier alpha value is -3.02. The molecule has 0 unspecified atom stereocenters. The molecule has 0 atom stereocenters. The first-order chi connectivity index (χ1) is 12.7. The van der Waals surface area contributed by atoms with Crippen molar-refractivity contribution in [1.29, 1.82) is 0 Å². The number of fused-ring (bicyclic) bond motifs is 1. The van der Waals surface area contributed by atoms with Crippen LogP contribution in [0.4, 0.5) is 0 Å². The van der Waals surface area contributed by atoms with Crippen molar-refractivity contribution in [3.63, 3.8) is 0 Å². The molecule has 0 radical (unpaired) electrons. The highest BCUT2D eigenvalue weighted by Crippen LogP contribution is 2.42. The van der Waals surface area contributed by atoms with Crippen LogP contribution in [0, 0.1) is 0 Å². The van der Waals surface area contributed by atoms with Crippen LogP contribution >= 0.6 is 0 Å². The summed E-state index contributed by atoms with van der Waals surface area (Å²) in [7, 11) is 4.78. The van der Waals surface area contributed by atoms with E-state index in [0.29, 0.717) is 41.8 Å². The van der Waals surface area contributed by atoms with Crippen molar-refractivity contribution < 1.29 is 28.4 Å².